The lowest BCUT2D eigenvalue weighted by molar-refractivity contribution is -0.119. The van der Waals surface area contributed by atoms with Gasteiger partial charge in [0.1, 0.15) is 13.2 Å². The molecular formula is C19H19NO5. The third-order valence-electron chi connectivity index (χ3n) is 3.76. The lowest BCUT2D eigenvalue weighted by atomic mass is 10.1. The quantitative estimate of drug-likeness (QED) is 0.866. The number of hydrogen-bond acceptors (Lipinski definition) is 5. The lowest BCUT2D eigenvalue weighted by Crippen LogP contribution is -2.21. The molecule has 2 aromatic carbocycles. The highest BCUT2D eigenvalue weighted by Crippen LogP contribution is 2.32. The van der Waals surface area contributed by atoms with Crippen LogP contribution in [0.2, 0.25) is 0 Å². The molecule has 0 radical (unpaired) electrons. The summed E-state index contributed by atoms with van der Waals surface area (Å²) in [6.45, 7) is 4.40. The fraction of sp³-hybridized carbons (Fsp3) is 0.263. The van der Waals surface area contributed by atoms with Crippen molar-refractivity contribution in [2.24, 2.45) is 0 Å². The first kappa shape index (κ1) is 16.8. The molecule has 3 rings (SSSR count). The molecule has 6 nitrogen and oxygen atoms in total. The van der Waals surface area contributed by atoms with E-state index in [1.807, 2.05) is 26.0 Å². The van der Waals surface area contributed by atoms with Crippen molar-refractivity contribution < 1.29 is 23.8 Å². The number of carbonyl (C=O) groups excluding carboxylic acids is 2. The van der Waals surface area contributed by atoms with E-state index in [9.17, 15) is 9.59 Å². The van der Waals surface area contributed by atoms with Gasteiger partial charge in [0.15, 0.2) is 18.1 Å². The van der Waals surface area contributed by atoms with Crippen molar-refractivity contribution in [2.75, 3.05) is 25.1 Å². The maximum Gasteiger partial charge on any atom is 0.338 e. The van der Waals surface area contributed by atoms with E-state index in [0.29, 0.717) is 36.0 Å². The summed E-state index contributed by atoms with van der Waals surface area (Å²) in [4.78, 5) is 24.1. The van der Waals surface area contributed by atoms with E-state index in [1.54, 1.807) is 24.3 Å². The molecule has 0 saturated carbocycles. The molecule has 2 aromatic rings. The Morgan fingerprint density at radius 3 is 2.56 bits per heavy atom. The summed E-state index contributed by atoms with van der Waals surface area (Å²) in [7, 11) is 0. The number of aryl methyl sites for hydroxylation is 2. The van der Waals surface area contributed by atoms with Crippen molar-refractivity contribution in [2.45, 2.75) is 13.8 Å². The zero-order valence-corrected chi connectivity index (χ0v) is 14.1. The van der Waals surface area contributed by atoms with E-state index in [2.05, 4.69) is 5.32 Å². The van der Waals surface area contributed by atoms with Gasteiger partial charge in [0.05, 0.1) is 5.56 Å². The van der Waals surface area contributed by atoms with Crippen LogP contribution >= 0.6 is 0 Å². The molecule has 130 valence electrons. The smallest absolute Gasteiger partial charge is 0.338 e. The van der Waals surface area contributed by atoms with Crippen LogP contribution in [-0.4, -0.2) is 31.7 Å². The molecule has 0 saturated heterocycles. The van der Waals surface area contributed by atoms with Gasteiger partial charge in [-0.2, -0.15) is 0 Å². The lowest BCUT2D eigenvalue weighted by Gasteiger charge is -2.19. The van der Waals surface area contributed by atoms with Crippen molar-refractivity contribution in [3.63, 3.8) is 0 Å². The highest BCUT2D eigenvalue weighted by Gasteiger charge is 2.15. The van der Waals surface area contributed by atoms with Gasteiger partial charge >= 0.3 is 5.97 Å². The van der Waals surface area contributed by atoms with Gasteiger partial charge in [-0.15, -0.1) is 0 Å². The van der Waals surface area contributed by atoms with Crippen molar-refractivity contribution in [1.82, 2.24) is 0 Å². The molecule has 1 amide bonds. The van der Waals surface area contributed by atoms with Crippen LogP contribution < -0.4 is 14.8 Å². The molecule has 0 fully saturated rings. The van der Waals surface area contributed by atoms with Crippen molar-refractivity contribution >= 4 is 17.6 Å². The average molecular weight is 341 g/mol. The van der Waals surface area contributed by atoms with Crippen LogP contribution in [-0.2, 0) is 9.53 Å². The molecule has 1 N–H and O–H groups in total. The molecule has 0 spiro atoms. The summed E-state index contributed by atoms with van der Waals surface area (Å²) in [5.41, 5.74) is 2.89. The molecule has 0 atom stereocenters. The number of ether oxygens (including phenoxy) is 3. The summed E-state index contributed by atoms with van der Waals surface area (Å²) in [5.74, 6) is 0.284. The number of benzene rings is 2. The summed E-state index contributed by atoms with van der Waals surface area (Å²) in [6, 6.07) is 10.5. The number of fused-ring (bicyclic) bond motifs is 1. The second-order valence-electron chi connectivity index (χ2n) is 5.80. The second-order valence-corrected chi connectivity index (χ2v) is 5.80. The first-order chi connectivity index (χ1) is 12.0. The number of carbonyl (C=O) groups is 2. The summed E-state index contributed by atoms with van der Waals surface area (Å²) >= 11 is 0. The first-order valence-electron chi connectivity index (χ1n) is 7.97. The fourth-order valence-electron chi connectivity index (χ4n) is 2.57. The molecule has 1 aliphatic heterocycles. The van der Waals surface area contributed by atoms with Crippen LogP contribution in [0.1, 0.15) is 21.5 Å². The zero-order chi connectivity index (χ0) is 17.8. The average Bonchev–Trinajstić information content (AvgIpc) is 2.59. The van der Waals surface area contributed by atoms with Crippen LogP contribution in [0.3, 0.4) is 0 Å². The Balaban J connectivity index is 1.56. The third kappa shape index (κ3) is 4.09. The summed E-state index contributed by atoms with van der Waals surface area (Å²) in [6.07, 6.45) is 0. The molecule has 0 aliphatic carbocycles. The molecule has 1 aliphatic rings. The minimum absolute atomic E-state index is 0.361. The Morgan fingerprint density at radius 1 is 1.04 bits per heavy atom. The number of nitrogens with one attached hydrogen (secondary N) is 1. The Kier molecular flexibility index (Phi) is 4.88. The van der Waals surface area contributed by atoms with Gasteiger partial charge < -0.3 is 19.5 Å². The Labute approximate surface area is 145 Å². The van der Waals surface area contributed by atoms with Crippen LogP contribution in [0.5, 0.6) is 11.5 Å². The van der Waals surface area contributed by atoms with Gasteiger partial charge in [-0.3, -0.25) is 4.79 Å². The number of hydrogen-bond donors (Lipinski definition) is 1. The van der Waals surface area contributed by atoms with Gasteiger partial charge in [0.25, 0.3) is 5.91 Å². The standard InChI is InChI=1S/C19H19NO5/c1-12-3-5-15(13(2)9-12)19(22)25-11-18(21)20-14-4-6-16-17(10-14)24-8-7-23-16/h3-6,9-10H,7-8,11H2,1-2H3,(H,20,21). The van der Waals surface area contributed by atoms with Crippen LogP contribution in [0.4, 0.5) is 5.69 Å². The number of esters is 1. The predicted molar refractivity (Wildman–Crippen MR) is 92.3 cm³/mol. The number of anilines is 1. The Bertz CT molecular complexity index is 815. The maximum atomic E-state index is 12.1. The number of rotatable bonds is 4. The predicted octanol–water partition coefficient (Wildman–Crippen LogP) is 2.87. The number of amides is 1. The van der Waals surface area contributed by atoms with Gasteiger partial charge in [-0.05, 0) is 37.6 Å². The molecule has 0 aromatic heterocycles. The summed E-state index contributed by atoms with van der Waals surface area (Å²) < 4.78 is 16.0. The van der Waals surface area contributed by atoms with Crippen molar-refractivity contribution in [1.29, 1.82) is 0 Å². The topological polar surface area (TPSA) is 73.9 Å². The summed E-state index contributed by atoms with van der Waals surface area (Å²) in [5, 5.41) is 2.67. The Morgan fingerprint density at radius 2 is 1.80 bits per heavy atom. The molecule has 6 heteroatoms. The van der Waals surface area contributed by atoms with Crippen molar-refractivity contribution in [3.8, 4) is 11.5 Å². The normalized spacial score (nSPS) is 12.4. The first-order valence-corrected chi connectivity index (χ1v) is 7.97. The minimum Gasteiger partial charge on any atom is -0.486 e. The van der Waals surface area contributed by atoms with E-state index in [-0.39, 0.29) is 6.61 Å². The van der Waals surface area contributed by atoms with Gasteiger partial charge in [-0.1, -0.05) is 17.7 Å². The minimum atomic E-state index is -0.519. The molecule has 1 heterocycles. The van der Waals surface area contributed by atoms with Crippen molar-refractivity contribution in [3.05, 3.63) is 53.1 Å². The van der Waals surface area contributed by atoms with E-state index in [0.717, 1.165) is 11.1 Å². The monoisotopic (exact) mass is 341 g/mol. The Hall–Kier alpha value is -3.02. The fourth-order valence-corrected chi connectivity index (χ4v) is 2.57. The van der Waals surface area contributed by atoms with Crippen LogP contribution in [0.25, 0.3) is 0 Å². The third-order valence-corrected chi connectivity index (χ3v) is 3.76. The zero-order valence-electron chi connectivity index (χ0n) is 14.1. The molecular weight excluding hydrogens is 322 g/mol. The molecule has 25 heavy (non-hydrogen) atoms. The van der Waals surface area contributed by atoms with Gasteiger partial charge in [-0.25, -0.2) is 4.79 Å². The van der Waals surface area contributed by atoms with Gasteiger partial charge in [0, 0.05) is 11.8 Å². The maximum absolute atomic E-state index is 12.1. The van der Waals surface area contributed by atoms with Crippen LogP contribution in [0, 0.1) is 13.8 Å². The highest BCUT2D eigenvalue weighted by molar-refractivity contribution is 5.96. The van der Waals surface area contributed by atoms with Gasteiger partial charge in [0.2, 0.25) is 0 Å². The van der Waals surface area contributed by atoms with Crippen LogP contribution in [0.15, 0.2) is 36.4 Å². The largest absolute Gasteiger partial charge is 0.486 e. The SMILES string of the molecule is Cc1ccc(C(=O)OCC(=O)Nc2ccc3c(c2)OCCO3)c(C)c1. The van der Waals surface area contributed by atoms with E-state index >= 15 is 0 Å². The van der Waals surface area contributed by atoms with E-state index in [1.165, 1.54) is 0 Å². The molecule has 0 bridgehead atoms. The van der Waals surface area contributed by atoms with E-state index in [4.69, 9.17) is 14.2 Å². The van der Waals surface area contributed by atoms with E-state index < -0.39 is 11.9 Å². The second kappa shape index (κ2) is 7.25. The molecule has 0 unspecified atom stereocenters. The highest BCUT2D eigenvalue weighted by atomic mass is 16.6.